The molecule has 5 nitrogen and oxygen atoms in total. The first-order valence-corrected chi connectivity index (χ1v) is 9.61. The Labute approximate surface area is 164 Å². The number of likely N-dealkylation sites (tertiary alicyclic amines) is 1. The van der Waals surface area contributed by atoms with E-state index in [2.05, 4.69) is 16.0 Å². The lowest BCUT2D eigenvalue weighted by Gasteiger charge is -2.17. The summed E-state index contributed by atoms with van der Waals surface area (Å²) < 4.78 is 0. The Hall–Kier alpha value is -3.21. The molecule has 1 N–H and O–H groups in total. The van der Waals surface area contributed by atoms with Gasteiger partial charge in [-0.2, -0.15) is 0 Å². The lowest BCUT2D eigenvalue weighted by atomic mass is 9.97. The summed E-state index contributed by atoms with van der Waals surface area (Å²) in [5, 5.41) is 9.71. The molecule has 1 unspecified atom stereocenters. The van der Waals surface area contributed by atoms with Crippen LogP contribution in [0.2, 0.25) is 0 Å². The van der Waals surface area contributed by atoms with Crippen LogP contribution in [0.25, 0.3) is 11.3 Å². The molecule has 0 bridgehead atoms. The van der Waals surface area contributed by atoms with Crippen molar-refractivity contribution in [1.82, 2.24) is 14.9 Å². The minimum absolute atomic E-state index is 0.202. The molecule has 0 radical (unpaired) electrons. The molecule has 3 heterocycles. The topological polar surface area (TPSA) is 66.3 Å². The Morgan fingerprint density at radius 2 is 2.07 bits per heavy atom. The van der Waals surface area contributed by atoms with Crippen LogP contribution in [-0.2, 0) is 11.2 Å². The summed E-state index contributed by atoms with van der Waals surface area (Å²) >= 11 is 0. The second-order valence-corrected chi connectivity index (χ2v) is 7.21. The standard InChI is InChI=1S/C23H23N3O2/c27-21-5-1-4-19(13-21)22-14-18(8-11-25-22)20-9-12-26(16-20)23(28)7-6-17-3-2-10-24-15-17/h1-5,8,10-11,13-15,20,27H,6-7,9,12,16H2. The zero-order valence-corrected chi connectivity index (χ0v) is 15.7. The van der Waals surface area contributed by atoms with Gasteiger partial charge in [-0.3, -0.25) is 14.8 Å². The fourth-order valence-corrected chi connectivity index (χ4v) is 3.74. The summed E-state index contributed by atoms with van der Waals surface area (Å²) in [4.78, 5) is 23.1. The van der Waals surface area contributed by atoms with Crippen LogP contribution in [0.5, 0.6) is 5.75 Å². The van der Waals surface area contributed by atoms with E-state index in [9.17, 15) is 9.90 Å². The smallest absolute Gasteiger partial charge is 0.222 e. The maximum Gasteiger partial charge on any atom is 0.222 e. The highest BCUT2D eigenvalue weighted by Gasteiger charge is 2.27. The molecule has 1 saturated heterocycles. The van der Waals surface area contributed by atoms with Crippen LogP contribution in [-0.4, -0.2) is 39.0 Å². The van der Waals surface area contributed by atoms with E-state index in [1.165, 1.54) is 5.56 Å². The average molecular weight is 373 g/mol. The van der Waals surface area contributed by atoms with Crippen LogP contribution in [0.4, 0.5) is 0 Å². The van der Waals surface area contributed by atoms with E-state index in [0.29, 0.717) is 12.3 Å². The molecular weight excluding hydrogens is 350 g/mol. The molecule has 1 aromatic carbocycles. The van der Waals surface area contributed by atoms with Crippen molar-refractivity contribution in [2.45, 2.75) is 25.2 Å². The highest BCUT2D eigenvalue weighted by atomic mass is 16.3. The zero-order valence-electron chi connectivity index (χ0n) is 15.7. The Bertz CT molecular complexity index is 959. The summed E-state index contributed by atoms with van der Waals surface area (Å²) in [7, 11) is 0. The molecule has 1 fully saturated rings. The maximum absolute atomic E-state index is 12.6. The fourth-order valence-electron chi connectivity index (χ4n) is 3.74. The van der Waals surface area contributed by atoms with E-state index in [4.69, 9.17) is 0 Å². The van der Waals surface area contributed by atoms with Crippen LogP contribution in [0.3, 0.4) is 0 Å². The van der Waals surface area contributed by atoms with Gasteiger partial charge in [0.25, 0.3) is 0 Å². The van der Waals surface area contributed by atoms with E-state index in [-0.39, 0.29) is 11.7 Å². The molecule has 0 saturated carbocycles. The number of carbonyl (C=O) groups excluding carboxylic acids is 1. The van der Waals surface area contributed by atoms with Gasteiger partial charge in [0.05, 0.1) is 5.69 Å². The summed E-state index contributed by atoms with van der Waals surface area (Å²) in [6.07, 6.45) is 7.58. The third kappa shape index (κ3) is 4.19. The number of pyridine rings is 2. The highest BCUT2D eigenvalue weighted by Crippen LogP contribution is 2.30. The van der Waals surface area contributed by atoms with Crippen molar-refractivity contribution < 1.29 is 9.90 Å². The normalized spacial score (nSPS) is 16.3. The number of aromatic hydroxyl groups is 1. The van der Waals surface area contributed by atoms with Gasteiger partial charge in [0.1, 0.15) is 5.75 Å². The molecule has 0 aliphatic carbocycles. The van der Waals surface area contributed by atoms with Gasteiger partial charge in [-0.15, -0.1) is 0 Å². The second-order valence-electron chi connectivity index (χ2n) is 7.21. The lowest BCUT2D eigenvalue weighted by molar-refractivity contribution is -0.130. The quantitative estimate of drug-likeness (QED) is 0.739. The first kappa shape index (κ1) is 18.2. The van der Waals surface area contributed by atoms with Gasteiger partial charge in [-0.25, -0.2) is 0 Å². The third-order valence-electron chi connectivity index (χ3n) is 5.29. The van der Waals surface area contributed by atoms with Gasteiger partial charge in [0.2, 0.25) is 5.91 Å². The first-order chi connectivity index (χ1) is 13.7. The van der Waals surface area contributed by atoms with Crippen molar-refractivity contribution in [3.8, 4) is 17.0 Å². The van der Waals surface area contributed by atoms with Crippen molar-refractivity contribution >= 4 is 5.91 Å². The van der Waals surface area contributed by atoms with Crippen LogP contribution in [0.15, 0.2) is 67.1 Å². The number of hydrogen-bond donors (Lipinski definition) is 1. The Balaban J connectivity index is 1.40. The van der Waals surface area contributed by atoms with Gasteiger partial charge in [0.15, 0.2) is 0 Å². The number of aryl methyl sites for hydroxylation is 1. The van der Waals surface area contributed by atoms with Gasteiger partial charge in [0, 0.05) is 49.6 Å². The summed E-state index contributed by atoms with van der Waals surface area (Å²) in [6.45, 7) is 1.54. The van der Waals surface area contributed by atoms with Crippen molar-refractivity contribution in [2.24, 2.45) is 0 Å². The minimum atomic E-state index is 0.202. The van der Waals surface area contributed by atoms with Gasteiger partial charge in [-0.1, -0.05) is 18.2 Å². The number of aromatic nitrogens is 2. The van der Waals surface area contributed by atoms with Crippen LogP contribution in [0, 0.1) is 0 Å². The lowest BCUT2D eigenvalue weighted by Crippen LogP contribution is -2.28. The molecular formula is C23H23N3O2. The SMILES string of the molecule is O=C(CCc1cccnc1)N1CCC(c2ccnc(-c3cccc(O)c3)c2)C1. The zero-order chi connectivity index (χ0) is 19.3. The van der Waals surface area contributed by atoms with Gasteiger partial charge >= 0.3 is 0 Å². The molecule has 3 aromatic rings. The molecule has 5 heteroatoms. The molecule has 142 valence electrons. The van der Waals surface area contributed by atoms with Crippen LogP contribution in [0.1, 0.15) is 29.9 Å². The third-order valence-corrected chi connectivity index (χ3v) is 5.29. The van der Waals surface area contributed by atoms with Crippen molar-refractivity contribution in [3.05, 3.63) is 78.2 Å². The molecule has 2 aromatic heterocycles. The van der Waals surface area contributed by atoms with Gasteiger partial charge in [-0.05, 0) is 54.3 Å². The van der Waals surface area contributed by atoms with Crippen molar-refractivity contribution in [2.75, 3.05) is 13.1 Å². The van der Waals surface area contributed by atoms with Crippen molar-refractivity contribution in [3.63, 3.8) is 0 Å². The summed E-state index contributed by atoms with van der Waals surface area (Å²) in [6, 6.07) is 15.1. The molecule has 4 rings (SSSR count). The van der Waals surface area contributed by atoms with E-state index >= 15 is 0 Å². The van der Waals surface area contributed by atoms with Crippen LogP contribution >= 0.6 is 0 Å². The summed E-state index contributed by atoms with van der Waals surface area (Å²) in [5.74, 6) is 0.756. The fraction of sp³-hybridized carbons (Fsp3) is 0.261. The van der Waals surface area contributed by atoms with E-state index in [1.54, 1.807) is 18.3 Å². The first-order valence-electron chi connectivity index (χ1n) is 9.61. The number of phenols is 1. The van der Waals surface area contributed by atoms with Crippen molar-refractivity contribution in [1.29, 1.82) is 0 Å². The van der Waals surface area contributed by atoms with Crippen LogP contribution < -0.4 is 0 Å². The molecule has 28 heavy (non-hydrogen) atoms. The number of nitrogens with zero attached hydrogens (tertiary/aromatic N) is 3. The molecule has 1 aliphatic rings. The number of rotatable bonds is 5. The highest BCUT2D eigenvalue weighted by molar-refractivity contribution is 5.77. The second kappa shape index (κ2) is 8.21. The average Bonchev–Trinajstić information content (AvgIpc) is 3.23. The number of amides is 1. The largest absolute Gasteiger partial charge is 0.508 e. The number of phenolic OH excluding ortho intramolecular Hbond substituents is 1. The number of benzene rings is 1. The number of hydrogen-bond acceptors (Lipinski definition) is 4. The summed E-state index contributed by atoms with van der Waals surface area (Å²) in [5.41, 5.74) is 4.02. The number of carbonyl (C=O) groups is 1. The Morgan fingerprint density at radius 3 is 2.89 bits per heavy atom. The molecule has 1 aliphatic heterocycles. The van der Waals surface area contributed by atoms with E-state index < -0.39 is 0 Å². The predicted octanol–water partition coefficient (Wildman–Crippen LogP) is 3.80. The molecule has 1 atom stereocenters. The molecule has 0 spiro atoms. The predicted molar refractivity (Wildman–Crippen MR) is 108 cm³/mol. The molecule has 1 amide bonds. The van der Waals surface area contributed by atoms with E-state index in [0.717, 1.165) is 42.8 Å². The Kier molecular flexibility index (Phi) is 5.33. The van der Waals surface area contributed by atoms with Gasteiger partial charge < -0.3 is 10.0 Å². The minimum Gasteiger partial charge on any atom is -0.508 e. The Morgan fingerprint density at radius 1 is 1.14 bits per heavy atom. The van der Waals surface area contributed by atoms with E-state index in [1.807, 2.05) is 47.6 Å². The maximum atomic E-state index is 12.6. The monoisotopic (exact) mass is 373 g/mol.